The number of carbonyl (C=O) groups excluding carboxylic acids is 1. The Hall–Kier alpha value is -2.13. The minimum Gasteiger partial charge on any atom is -0.490 e. The molecule has 1 saturated carbocycles. The van der Waals surface area contributed by atoms with Crippen LogP contribution in [0.3, 0.4) is 0 Å². The van der Waals surface area contributed by atoms with E-state index in [0.717, 1.165) is 25.0 Å². The van der Waals surface area contributed by atoms with E-state index >= 15 is 0 Å². The second kappa shape index (κ2) is 9.70. The molecule has 0 spiro atoms. The standard InChI is InChI=1S/C24H30O3/c1-18-6-12-23(13-7-18)27-24-5-3-4-22(16-24)21-10-8-20(9-11-21)14-15-26-17-19(2)25/h6-13,22,24H,3-5,14-17H2,1-2H3. The first-order valence-electron chi connectivity index (χ1n) is 9.99. The van der Waals surface area contributed by atoms with Crippen LogP contribution in [0.25, 0.3) is 0 Å². The Morgan fingerprint density at radius 2 is 1.78 bits per heavy atom. The molecule has 3 rings (SSSR count). The summed E-state index contributed by atoms with van der Waals surface area (Å²) in [7, 11) is 0. The lowest BCUT2D eigenvalue weighted by atomic mass is 9.82. The summed E-state index contributed by atoms with van der Waals surface area (Å²) in [5, 5.41) is 0. The SMILES string of the molecule is CC(=O)COCCc1ccc(C2CCCC(Oc3ccc(C)cc3)C2)cc1. The van der Waals surface area contributed by atoms with Crippen molar-refractivity contribution in [1.29, 1.82) is 0 Å². The van der Waals surface area contributed by atoms with E-state index in [1.165, 1.54) is 29.5 Å². The zero-order valence-electron chi connectivity index (χ0n) is 16.4. The molecule has 0 bridgehead atoms. The summed E-state index contributed by atoms with van der Waals surface area (Å²) in [6.07, 6.45) is 5.80. The second-order valence-corrected chi connectivity index (χ2v) is 7.66. The highest BCUT2D eigenvalue weighted by Gasteiger charge is 2.24. The van der Waals surface area contributed by atoms with Crippen LogP contribution < -0.4 is 4.74 Å². The molecule has 3 heteroatoms. The van der Waals surface area contributed by atoms with Crippen LogP contribution in [0.1, 0.15) is 55.2 Å². The summed E-state index contributed by atoms with van der Waals surface area (Å²) < 4.78 is 11.6. The number of hydrogen-bond donors (Lipinski definition) is 0. The minimum absolute atomic E-state index is 0.0741. The van der Waals surface area contributed by atoms with E-state index in [-0.39, 0.29) is 12.4 Å². The molecule has 0 radical (unpaired) electrons. The van der Waals surface area contributed by atoms with E-state index in [9.17, 15) is 4.79 Å². The monoisotopic (exact) mass is 366 g/mol. The quantitative estimate of drug-likeness (QED) is 0.599. The number of ether oxygens (including phenoxy) is 2. The van der Waals surface area contributed by atoms with Gasteiger partial charge in [-0.15, -0.1) is 0 Å². The van der Waals surface area contributed by atoms with Crippen LogP contribution in [-0.2, 0) is 16.0 Å². The van der Waals surface area contributed by atoms with Crippen molar-refractivity contribution in [2.45, 2.75) is 58.0 Å². The molecule has 0 N–H and O–H groups in total. The summed E-state index contributed by atoms with van der Waals surface area (Å²) in [5.41, 5.74) is 3.92. The Labute approximate surface area is 162 Å². The Balaban J connectivity index is 1.51. The van der Waals surface area contributed by atoms with E-state index in [4.69, 9.17) is 9.47 Å². The van der Waals surface area contributed by atoms with Gasteiger partial charge in [0, 0.05) is 0 Å². The van der Waals surface area contributed by atoms with Crippen molar-refractivity contribution >= 4 is 5.78 Å². The third kappa shape index (κ3) is 6.21. The molecule has 0 aromatic heterocycles. The molecular formula is C24H30O3. The van der Waals surface area contributed by atoms with Crippen molar-refractivity contribution in [1.82, 2.24) is 0 Å². The Morgan fingerprint density at radius 1 is 1.04 bits per heavy atom. The van der Waals surface area contributed by atoms with Gasteiger partial charge in [-0.3, -0.25) is 4.79 Å². The summed E-state index contributed by atoms with van der Waals surface area (Å²) >= 11 is 0. The van der Waals surface area contributed by atoms with Gasteiger partial charge in [-0.25, -0.2) is 0 Å². The predicted octanol–water partition coefficient (Wildman–Crippen LogP) is 5.25. The molecule has 27 heavy (non-hydrogen) atoms. The zero-order valence-corrected chi connectivity index (χ0v) is 16.4. The van der Waals surface area contributed by atoms with Gasteiger partial charge in [0.15, 0.2) is 5.78 Å². The molecule has 2 aromatic carbocycles. The normalized spacial score (nSPS) is 19.6. The molecule has 3 nitrogen and oxygen atoms in total. The first-order valence-corrected chi connectivity index (χ1v) is 9.99. The van der Waals surface area contributed by atoms with Crippen molar-refractivity contribution in [2.24, 2.45) is 0 Å². The highest BCUT2D eigenvalue weighted by Crippen LogP contribution is 2.35. The maximum atomic E-state index is 10.9. The van der Waals surface area contributed by atoms with E-state index in [1.54, 1.807) is 6.92 Å². The molecule has 2 aromatic rings. The number of rotatable bonds is 8. The summed E-state index contributed by atoms with van der Waals surface area (Å²) in [6.45, 7) is 4.45. The Bertz CT molecular complexity index is 718. The van der Waals surface area contributed by atoms with Gasteiger partial charge in [0.2, 0.25) is 0 Å². The number of benzene rings is 2. The van der Waals surface area contributed by atoms with Gasteiger partial charge in [-0.2, -0.15) is 0 Å². The van der Waals surface area contributed by atoms with Crippen molar-refractivity contribution in [3.8, 4) is 5.75 Å². The lowest BCUT2D eigenvalue weighted by molar-refractivity contribution is -0.121. The number of aryl methyl sites for hydroxylation is 1. The minimum atomic E-state index is 0.0741. The van der Waals surface area contributed by atoms with Gasteiger partial charge in [0.05, 0.1) is 12.7 Å². The first kappa shape index (κ1) is 19.6. The van der Waals surface area contributed by atoms with Crippen LogP contribution in [0, 0.1) is 6.92 Å². The van der Waals surface area contributed by atoms with Crippen LogP contribution in [0.5, 0.6) is 5.75 Å². The van der Waals surface area contributed by atoms with Crippen LogP contribution in [0.2, 0.25) is 0 Å². The molecule has 1 aliphatic rings. The van der Waals surface area contributed by atoms with Crippen LogP contribution in [-0.4, -0.2) is 25.1 Å². The van der Waals surface area contributed by atoms with Crippen molar-refractivity contribution in [3.63, 3.8) is 0 Å². The van der Waals surface area contributed by atoms with Crippen molar-refractivity contribution in [3.05, 3.63) is 65.2 Å². The Kier molecular flexibility index (Phi) is 7.05. The average molecular weight is 367 g/mol. The molecule has 1 aliphatic carbocycles. The molecular weight excluding hydrogens is 336 g/mol. The van der Waals surface area contributed by atoms with Crippen molar-refractivity contribution in [2.75, 3.05) is 13.2 Å². The molecule has 0 aliphatic heterocycles. The van der Waals surface area contributed by atoms with Gasteiger partial charge in [0.1, 0.15) is 12.4 Å². The first-order chi connectivity index (χ1) is 13.1. The fourth-order valence-corrected chi connectivity index (χ4v) is 3.73. The Morgan fingerprint density at radius 3 is 2.48 bits per heavy atom. The highest BCUT2D eigenvalue weighted by molar-refractivity contribution is 5.76. The highest BCUT2D eigenvalue weighted by atomic mass is 16.5. The van der Waals surface area contributed by atoms with Gasteiger partial charge in [-0.05, 0) is 75.1 Å². The van der Waals surface area contributed by atoms with Gasteiger partial charge >= 0.3 is 0 Å². The smallest absolute Gasteiger partial charge is 0.155 e. The second-order valence-electron chi connectivity index (χ2n) is 7.66. The number of carbonyl (C=O) groups is 1. The van der Waals surface area contributed by atoms with E-state index < -0.39 is 0 Å². The third-order valence-corrected chi connectivity index (χ3v) is 5.24. The van der Waals surface area contributed by atoms with E-state index in [2.05, 4.69) is 55.5 Å². The maximum Gasteiger partial charge on any atom is 0.155 e. The van der Waals surface area contributed by atoms with Gasteiger partial charge in [0.25, 0.3) is 0 Å². The molecule has 0 amide bonds. The fraction of sp³-hybridized carbons (Fsp3) is 0.458. The molecule has 144 valence electrons. The van der Waals surface area contributed by atoms with Crippen LogP contribution in [0.4, 0.5) is 0 Å². The zero-order chi connectivity index (χ0) is 19.1. The number of hydrogen-bond acceptors (Lipinski definition) is 3. The van der Waals surface area contributed by atoms with E-state index in [0.29, 0.717) is 18.6 Å². The number of Topliss-reactive ketones (excluding diaryl/α,β-unsaturated/α-hetero) is 1. The number of ketones is 1. The average Bonchev–Trinajstić information content (AvgIpc) is 2.68. The van der Waals surface area contributed by atoms with Crippen molar-refractivity contribution < 1.29 is 14.3 Å². The molecule has 0 heterocycles. The van der Waals surface area contributed by atoms with Gasteiger partial charge in [-0.1, -0.05) is 42.0 Å². The molecule has 1 fully saturated rings. The topological polar surface area (TPSA) is 35.5 Å². The lowest BCUT2D eigenvalue weighted by Gasteiger charge is -2.30. The summed E-state index contributed by atoms with van der Waals surface area (Å²) in [6, 6.07) is 17.2. The molecule has 2 unspecified atom stereocenters. The largest absolute Gasteiger partial charge is 0.490 e. The summed E-state index contributed by atoms with van der Waals surface area (Å²) in [5.74, 6) is 1.62. The maximum absolute atomic E-state index is 10.9. The third-order valence-electron chi connectivity index (χ3n) is 5.24. The molecule has 2 atom stereocenters. The predicted molar refractivity (Wildman–Crippen MR) is 108 cm³/mol. The van der Waals surface area contributed by atoms with E-state index in [1.807, 2.05) is 0 Å². The van der Waals surface area contributed by atoms with Crippen LogP contribution in [0.15, 0.2) is 48.5 Å². The summed E-state index contributed by atoms with van der Waals surface area (Å²) in [4.78, 5) is 10.9. The lowest BCUT2D eigenvalue weighted by Crippen LogP contribution is -2.24. The van der Waals surface area contributed by atoms with Crippen LogP contribution >= 0.6 is 0 Å². The molecule has 0 saturated heterocycles. The van der Waals surface area contributed by atoms with Gasteiger partial charge < -0.3 is 9.47 Å². The fourth-order valence-electron chi connectivity index (χ4n) is 3.73.